The van der Waals surface area contributed by atoms with Crippen LogP contribution >= 0.6 is 0 Å². The number of hydrogen-bond acceptors (Lipinski definition) is 7. The van der Waals surface area contributed by atoms with E-state index in [0.29, 0.717) is 57.7 Å². The molecule has 0 aromatic carbocycles. The maximum Gasteiger partial charge on any atom is 0.305 e. The van der Waals surface area contributed by atoms with Gasteiger partial charge in [0.25, 0.3) is 0 Å². The van der Waals surface area contributed by atoms with Gasteiger partial charge in [-0.05, 0) is 50.4 Å². The molecule has 0 aromatic rings. The number of carbonyl (C=O) groups is 2. The molecule has 7 heteroatoms. The van der Waals surface area contributed by atoms with Crippen LogP contribution in [0, 0.1) is 11.8 Å². The van der Waals surface area contributed by atoms with Crippen molar-refractivity contribution >= 4 is 11.9 Å². The van der Waals surface area contributed by atoms with Crippen molar-refractivity contribution < 1.29 is 33.6 Å². The summed E-state index contributed by atoms with van der Waals surface area (Å²) in [5.74, 6) is 1.19. The first-order chi connectivity index (χ1) is 23.5. The van der Waals surface area contributed by atoms with Crippen LogP contribution in [0.2, 0.25) is 0 Å². The number of esters is 2. The zero-order chi connectivity index (χ0) is 35.3. The molecule has 0 saturated carbocycles. The maximum atomic E-state index is 12.2. The minimum absolute atomic E-state index is 0.0753. The second-order valence-corrected chi connectivity index (χ2v) is 14.1. The fraction of sp³-hybridized carbons (Fsp3) is 0.951. The number of carbonyl (C=O) groups excluding carboxylic acids is 2. The first kappa shape index (κ1) is 46.8. The van der Waals surface area contributed by atoms with Gasteiger partial charge in [0.15, 0.2) is 0 Å². The maximum absolute atomic E-state index is 12.2. The van der Waals surface area contributed by atoms with Crippen LogP contribution in [0.15, 0.2) is 0 Å². The average Bonchev–Trinajstić information content (AvgIpc) is 3.08. The van der Waals surface area contributed by atoms with Crippen LogP contribution in [0.5, 0.6) is 0 Å². The summed E-state index contributed by atoms with van der Waals surface area (Å²) >= 11 is 0. The van der Waals surface area contributed by atoms with Gasteiger partial charge in [-0.15, -0.1) is 0 Å². The van der Waals surface area contributed by atoms with E-state index in [2.05, 4.69) is 27.7 Å². The molecular weight excluding hydrogens is 604 g/mol. The molecule has 0 fully saturated rings. The number of ether oxygens (including phenoxy) is 4. The molecular formula is C41H80O7. The third-order valence-corrected chi connectivity index (χ3v) is 9.50. The van der Waals surface area contributed by atoms with E-state index in [1.54, 1.807) is 0 Å². The lowest BCUT2D eigenvalue weighted by Gasteiger charge is -2.17. The molecule has 1 unspecified atom stereocenters. The summed E-state index contributed by atoms with van der Waals surface area (Å²) < 4.78 is 22.6. The molecule has 0 heterocycles. The van der Waals surface area contributed by atoms with Crippen LogP contribution < -0.4 is 0 Å². The molecule has 0 aliphatic carbocycles. The van der Waals surface area contributed by atoms with Gasteiger partial charge in [0.1, 0.15) is 6.10 Å². The van der Waals surface area contributed by atoms with Crippen molar-refractivity contribution in [2.45, 2.75) is 201 Å². The second-order valence-electron chi connectivity index (χ2n) is 14.1. The molecule has 286 valence electrons. The topological polar surface area (TPSA) is 91.3 Å². The van der Waals surface area contributed by atoms with Crippen LogP contribution in [0.1, 0.15) is 195 Å². The van der Waals surface area contributed by atoms with Crippen molar-refractivity contribution in [2.24, 2.45) is 11.8 Å². The van der Waals surface area contributed by atoms with Crippen LogP contribution in [-0.2, 0) is 28.5 Å². The highest BCUT2D eigenvalue weighted by Gasteiger charge is 2.13. The Morgan fingerprint density at radius 1 is 0.479 bits per heavy atom. The lowest BCUT2D eigenvalue weighted by Crippen LogP contribution is -2.24. The zero-order valence-electron chi connectivity index (χ0n) is 32.3. The molecule has 0 rings (SSSR count). The molecule has 0 bridgehead atoms. The van der Waals surface area contributed by atoms with Crippen molar-refractivity contribution in [3.63, 3.8) is 0 Å². The summed E-state index contributed by atoms with van der Waals surface area (Å²) in [6.45, 7) is 11.5. The van der Waals surface area contributed by atoms with E-state index in [1.807, 2.05) is 0 Å². The Hall–Kier alpha value is -1.18. The van der Waals surface area contributed by atoms with Crippen molar-refractivity contribution in [3.8, 4) is 0 Å². The Balaban J connectivity index is 3.82. The van der Waals surface area contributed by atoms with E-state index in [-0.39, 0.29) is 24.6 Å². The van der Waals surface area contributed by atoms with Gasteiger partial charge in [-0.1, -0.05) is 143 Å². The van der Waals surface area contributed by atoms with Crippen LogP contribution in [-0.4, -0.2) is 62.8 Å². The molecule has 48 heavy (non-hydrogen) atoms. The van der Waals surface area contributed by atoms with Crippen molar-refractivity contribution in [3.05, 3.63) is 0 Å². The van der Waals surface area contributed by atoms with E-state index < -0.39 is 0 Å². The van der Waals surface area contributed by atoms with Crippen molar-refractivity contribution in [1.82, 2.24) is 0 Å². The summed E-state index contributed by atoms with van der Waals surface area (Å²) in [6, 6.07) is 0. The molecule has 0 saturated heterocycles. The Kier molecular flexibility index (Phi) is 36.2. The quantitative estimate of drug-likeness (QED) is 0.0511. The number of hydrogen-bond donors (Lipinski definition) is 1. The Bertz CT molecular complexity index is 666. The van der Waals surface area contributed by atoms with Gasteiger partial charge in [-0.2, -0.15) is 0 Å². The predicted octanol–water partition coefficient (Wildman–Crippen LogP) is 10.9. The summed E-state index contributed by atoms with van der Waals surface area (Å²) in [4.78, 5) is 24.4. The fourth-order valence-corrected chi connectivity index (χ4v) is 6.24. The summed E-state index contributed by atoms with van der Waals surface area (Å²) in [5.41, 5.74) is 0. The molecule has 0 spiro atoms. The van der Waals surface area contributed by atoms with Gasteiger partial charge in [-0.3, -0.25) is 9.59 Å². The first-order valence-electron chi connectivity index (χ1n) is 20.6. The Morgan fingerprint density at radius 2 is 0.896 bits per heavy atom. The van der Waals surface area contributed by atoms with Crippen molar-refractivity contribution in [2.75, 3.05) is 39.6 Å². The molecule has 1 N–H and O–H groups in total. The molecule has 0 aliphatic rings. The molecule has 0 aliphatic heterocycles. The van der Waals surface area contributed by atoms with E-state index >= 15 is 0 Å². The van der Waals surface area contributed by atoms with Gasteiger partial charge >= 0.3 is 11.9 Å². The minimum Gasteiger partial charge on any atom is -0.466 e. The Labute approximate surface area is 297 Å². The first-order valence-corrected chi connectivity index (χ1v) is 20.6. The van der Waals surface area contributed by atoms with Gasteiger partial charge < -0.3 is 24.1 Å². The third kappa shape index (κ3) is 32.0. The van der Waals surface area contributed by atoms with Gasteiger partial charge in [-0.25, -0.2) is 0 Å². The van der Waals surface area contributed by atoms with Gasteiger partial charge in [0.2, 0.25) is 0 Å². The lowest BCUT2D eigenvalue weighted by molar-refractivity contribution is -0.145. The van der Waals surface area contributed by atoms with Crippen LogP contribution in [0.3, 0.4) is 0 Å². The molecule has 1 atom stereocenters. The third-order valence-electron chi connectivity index (χ3n) is 9.50. The SMILES string of the molecule is CCCCCC(CCCCC)CCOC(=O)CCCCCOCC(CO)OCCCCCC(=O)OCCC(CCCCC)CCCCC. The normalized spacial score (nSPS) is 12.2. The molecule has 7 nitrogen and oxygen atoms in total. The number of unbranched alkanes of at least 4 members (excludes halogenated alkanes) is 12. The number of aliphatic hydroxyl groups is 1. The highest BCUT2D eigenvalue weighted by atomic mass is 16.5. The predicted molar refractivity (Wildman–Crippen MR) is 199 cm³/mol. The highest BCUT2D eigenvalue weighted by Crippen LogP contribution is 2.22. The summed E-state index contributed by atoms with van der Waals surface area (Å²) in [5, 5.41) is 9.64. The summed E-state index contributed by atoms with van der Waals surface area (Å²) in [7, 11) is 0. The van der Waals surface area contributed by atoms with E-state index in [1.165, 1.54) is 103 Å². The molecule has 0 radical (unpaired) electrons. The van der Waals surface area contributed by atoms with E-state index in [0.717, 1.165) is 51.4 Å². The highest BCUT2D eigenvalue weighted by molar-refractivity contribution is 5.69. The average molecular weight is 685 g/mol. The van der Waals surface area contributed by atoms with E-state index in [4.69, 9.17) is 18.9 Å². The largest absolute Gasteiger partial charge is 0.466 e. The number of aliphatic hydroxyl groups excluding tert-OH is 1. The standard InChI is InChI=1S/C41H80O7/c1-5-9-15-23-37(24-16-10-6-2)29-33-47-40(43)27-19-13-21-31-45-36-39(35-42)46-32-22-14-20-28-41(44)48-34-30-38(25-17-11-7-3)26-18-12-8-4/h37-39,42H,5-36H2,1-4H3. The van der Waals surface area contributed by atoms with Crippen molar-refractivity contribution in [1.29, 1.82) is 0 Å². The Morgan fingerprint density at radius 3 is 1.29 bits per heavy atom. The monoisotopic (exact) mass is 685 g/mol. The minimum atomic E-state index is -0.333. The lowest BCUT2D eigenvalue weighted by atomic mass is 9.92. The van der Waals surface area contributed by atoms with E-state index in [9.17, 15) is 14.7 Å². The second kappa shape index (κ2) is 37.1. The van der Waals surface area contributed by atoms with Crippen LogP contribution in [0.4, 0.5) is 0 Å². The zero-order valence-corrected chi connectivity index (χ0v) is 32.3. The molecule has 0 amide bonds. The number of rotatable bonds is 38. The fourth-order valence-electron chi connectivity index (χ4n) is 6.24. The molecule has 0 aromatic heterocycles. The summed E-state index contributed by atoms with van der Waals surface area (Å²) in [6.07, 6.45) is 28.0. The van der Waals surface area contributed by atoms with Gasteiger partial charge in [0, 0.05) is 26.1 Å². The van der Waals surface area contributed by atoms with Gasteiger partial charge in [0.05, 0.1) is 26.4 Å². The smallest absolute Gasteiger partial charge is 0.305 e. The van der Waals surface area contributed by atoms with Crippen LogP contribution in [0.25, 0.3) is 0 Å².